The number of hydrogen-bond acceptors (Lipinski definition) is 5. The molecule has 5 nitrogen and oxygen atoms in total. The van der Waals surface area contributed by atoms with Crippen molar-refractivity contribution in [2.45, 2.75) is 44.8 Å². The van der Waals surface area contributed by atoms with E-state index in [9.17, 15) is 5.11 Å². The highest BCUT2D eigenvalue weighted by Gasteiger charge is 2.63. The Morgan fingerprint density at radius 2 is 2.09 bits per heavy atom. The zero-order valence-corrected chi connectivity index (χ0v) is 13.2. The third kappa shape index (κ3) is 1.66. The van der Waals surface area contributed by atoms with Crippen LogP contribution in [0.25, 0.3) is 0 Å². The largest absolute Gasteiger partial charge is 0.508 e. The summed E-state index contributed by atoms with van der Waals surface area (Å²) in [5, 5.41) is 11.5. The van der Waals surface area contributed by atoms with Gasteiger partial charge in [0.2, 0.25) is 11.7 Å². The molecule has 0 amide bonds. The number of nitrogens with two attached hydrogens (primary N) is 1. The first kappa shape index (κ1) is 13.9. The fourth-order valence-electron chi connectivity index (χ4n) is 4.46. The Morgan fingerprint density at radius 1 is 1.36 bits per heavy atom. The van der Waals surface area contributed by atoms with Crippen molar-refractivity contribution >= 4 is 5.96 Å². The van der Waals surface area contributed by atoms with E-state index in [1.807, 2.05) is 6.07 Å². The van der Waals surface area contributed by atoms with Crippen LogP contribution in [0.2, 0.25) is 0 Å². The predicted molar refractivity (Wildman–Crippen MR) is 84.0 cm³/mol. The lowest BCUT2D eigenvalue weighted by atomic mass is 9.65. The molecule has 1 heterocycles. The molecule has 3 aliphatic rings. The molecular formula is C17H23N3O2. The number of fused-ring (bicyclic) bond motifs is 3. The zero-order chi connectivity index (χ0) is 15.5. The van der Waals surface area contributed by atoms with Crippen LogP contribution in [-0.4, -0.2) is 23.2 Å². The van der Waals surface area contributed by atoms with Crippen LogP contribution in [0.3, 0.4) is 0 Å². The Bertz CT molecular complexity index is 649. The third-order valence-electron chi connectivity index (χ3n) is 5.80. The minimum Gasteiger partial charge on any atom is -0.508 e. The van der Waals surface area contributed by atoms with E-state index in [2.05, 4.69) is 6.92 Å². The van der Waals surface area contributed by atoms with Gasteiger partial charge in [-0.15, -0.1) is 0 Å². The molecular weight excluding hydrogens is 278 g/mol. The van der Waals surface area contributed by atoms with Crippen LogP contribution in [0, 0.1) is 11.3 Å². The highest BCUT2D eigenvalue weighted by molar-refractivity contribution is 5.79. The SMILES string of the molecule is CC1CCC2(CC1)Cc1ccc(O)cc1C21N=C(N)N(C)O1. The van der Waals surface area contributed by atoms with Crippen LogP contribution in [-0.2, 0) is 17.0 Å². The molecule has 0 bridgehead atoms. The molecule has 5 heteroatoms. The number of phenolic OH excluding ortho intramolecular Hbond substituents is 1. The first-order chi connectivity index (χ1) is 10.5. The smallest absolute Gasteiger partial charge is 0.220 e. The summed E-state index contributed by atoms with van der Waals surface area (Å²) < 4.78 is 0. The summed E-state index contributed by atoms with van der Waals surface area (Å²) in [5.41, 5.74) is 7.42. The second-order valence-electron chi connectivity index (χ2n) is 7.18. The van der Waals surface area contributed by atoms with Crippen LogP contribution < -0.4 is 5.73 Å². The summed E-state index contributed by atoms with van der Waals surface area (Å²) in [5.74, 6) is 1.42. The quantitative estimate of drug-likeness (QED) is 0.772. The predicted octanol–water partition coefficient (Wildman–Crippen LogP) is 2.49. The van der Waals surface area contributed by atoms with Crippen molar-refractivity contribution in [3.8, 4) is 5.75 Å². The van der Waals surface area contributed by atoms with Gasteiger partial charge >= 0.3 is 0 Å². The van der Waals surface area contributed by atoms with Crippen LogP contribution in [0.5, 0.6) is 5.75 Å². The van der Waals surface area contributed by atoms with Gasteiger partial charge in [0.1, 0.15) is 5.75 Å². The van der Waals surface area contributed by atoms with Crippen LogP contribution >= 0.6 is 0 Å². The molecule has 2 aliphatic carbocycles. The molecule has 4 rings (SSSR count). The molecule has 1 aliphatic heterocycles. The maximum Gasteiger partial charge on any atom is 0.220 e. The fourth-order valence-corrected chi connectivity index (χ4v) is 4.46. The molecule has 1 saturated carbocycles. The van der Waals surface area contributed by atoms with Gasteiger partial charge in [0, 0.05) is 18.0 Å². The molecule has 1 aromatic carbocycles. The van der Waals surface area contributed by atoms with Gasteiger partial charge in [-0.25, -0.2) is 14.9 Å². The number of rotatable bonds is 0. The van der Waals surface area contributed by atoms with Gasteiger partial charge in [0.25, 0.3) is 0 Å². The van der Waals surface area contributed by atoms with Crippen molar-refractivity contribution in [3.05, 3.63) is 29.3 Å². The highest BCUT2D eigenvalue weighted by atomic mass is 16.7. The first-order valence-corrected chi connectivity index (χ1v) is 8.06. The van der Waals surface area contributed by atoms with E-state index in [1.54, 1.807) is 24.2 Å². The molecule has 1 aromatic rings. The van der Waals surface area contributed by atoms with E-state index in [4.69, 9.17) is 15.6 Å². The molecule has 2 spiro atoms. The Balaban J connectivity index is 1.88. The van der Waals surface area contributed by atoms with Gasteiger partial charge < -0.3 is 10.8 Å². The van der Waals surface area contributed by atoms with Crippen LogP contribution in [0.1, 0.15) is 43.7 Å². The number of phenols is 1. The summed E-state index contributed by atoms with van der Waals surface area (Å²) >= 11 is 0. The molecule has 1 atom stereocenters. The van der Waals surface area contributed by atoms with Gasteiger partial charge in [0.15, 0.2) is 0 Å². The highest BCUT2D eigenvalue weighted by Crippen LogP contribution is 2.62. The average molecular weight is 301 g/mol. The molecule has 0 aromatic heterocycles. The Labute approximate surface area is 130 Å². The third-order valence-corrected chi connectivity index (χ3v) is 5.80. The lowest BCUT2D eigenvalue weighted by molar-refractivity contribution is -0.230. The number of aliphatic imine (C=N–C) groups is 1. The average Bonchev–Trinajstić information content (AvgIpc) is 2.92. The second kappa shape index (κ2) is 4.38. The maximum atomic E-state index is 9.95. The zero-order valence-electron chi connectivity index (χ0n) is 13.2. The first-order valence-electron chi connectivity index (χ1n) is 8.06. The summed E-state index contributed by atoms with van der Waals surface area (Å²) in [7, 11) is 1.80. The minimum atomic E-state index is -0.764. The van der Waals surface area contributed by atoms with Crippen molar-refractivity contribution in [3.63, 3.8) is 0 Å². The number of hydrogen-bond donors (Lipinski definition) is 2. The lowest BCUT2D eigenvalue weighted by Crippen LogP contribution is -2.45. The van der Waals surface area contributed by atoms with Crippen molar-refractivity contribution in [2.75, 3.05) is 7.05 Å². The lowest BCUT2D eigenvalue weighted by Gasteiger charge is -2.44. The van der Waals surface area contributed by atoms with E-state index < -0.39 is 5.72 Å². The number of guanidine groups is 1. The van der Waals surface area contributed by atoms with E-state index in [0.29, 0.717) is 5.96 Å². The van der Waals surface area contributed by atoms with E-state index in [-0.39, 0.29) is 11.2 Å². The van der Waals surface area contributed by atoms with E-state index >= 15 is 0 Å². The van der Waals surface area contributed by atoms with Crippen molar-refractivity contribution in [2.24, 2.45) is 22.1 Å². The summed E-state index contributed by atoms with van der Waals surface area (Å²) in [6.45, 7) is 2.31. The topological polar surface area (TPSA) is 71.1 Å². The number of hydroxylamine groups is 2. The monoisotopic (exact) mass is 301 g/mol. The Kier molecular flexibility index (Phi) is 2.77. The van der Waals surface area contributed by atoms with Crippen LogP contribution in [0.15, 0.2) is 23.2 Å². The Hall–Kier alpha value is -1.75. The summed E-state index contributed by atoms with van der Waals surface area (Å²) in [6.07, 6.45) is 5.47. The molecule has 118 valence electrons. The van der Waals surface area contributed by atoms with Crippen molar-refractivity contribution in [1.29, 1.82) is 0 Å². The summed E-state index contributed by atoms with van der Waals surface area (Å²) in [6, 6.07) is 5.56. The van der Waals surface area contributed by atoms with Crippen molar-refractivity contribution < 1.29 is 9.94 Å². The summed E-state index contributed by atoms with van der Waals surface area (Å²) in [4.78, 5) is 11.0. The van der Waals surface area contributed by atoms with Crippen LogP contribution in [0.4, 0.5) is 0 Å². The number of benzene rings is 1. The molecule has 1 fully saturated rings. The standard InChI is InChI=1S/C17H23N3O2/c1-11-5-7-16(8-6-11)10-12-3-4-13(21)9-14(12)17(16)19-15(18)20(2)22-17/h3-4,9,11,21H,5-8,10H2,1-2H3,(H2,18,19). The maximum absolute atomic E-state index is 9.95. The minimum absolute atomic E-state index is 0.0506. The van der Waals surface area contributed by atoms with Crippen molar-refractivity contribution in [1.82, 2.24) is 5.06 Å². The molecule has 0 radical (unpaired) electrons. The van der Waals surface area contributed by atoms with Gasteiger partial charge in [-0.3, -0.25) is 0 Å². The Morgan fingerprint density at radius 3 is 2.73 bits per heavy atom. The van der Waals surface area contributed by atoms with Gasteiger partial charge in [-0.05, 0) is 55.7 Å². The number of nitrogens with zero attached hydrogens (tertiary/aromatic N) is 2. The van der Waals surface area contributed by atoms with Gasteiger partial charge in [-0.1, -0.05) is 13.0 Å². The molecule has 22 heavy (non-hydrogen) atoms. The molecule has 0 saturated heterocycles. The number of aromatic hydroxyl groups is 1. The van der Waals surface area contributed by atoms with Gasteiger partial charge in [-0.2, -0.15) is 0 Å². The van der Waals surface area contributed by atoms with E-state index in [0.717, 1.165) is 30.7 Å². The van der Waals surface area contributed by atoms with Gasteiger partial charge in [0.05, 0.1) is 0 Å². The fraction of sp³-hybridized carbons (Fsp3) is 0.588. The second-order valence-corrected chi connectivity index (χ2v) is 7.18. The normalized spacial score (nSPS) is 36.9. The van der Waals surface area contributed by atoms with E-state index in [1.165, 1.54) is 18.4 Å². The molecule has 3 N–H and O–H groups in total. The molecule has 1 unspecified atom stereocenters.